The third-order valence-corrected chi connectivity index (χ3v) is 4.92. The minimum Gasteiger partial charge on any atom is -0.494 e. The molecule has 1 heterocycles. The lowest BCUT2D eigenvalue weighted by Crippen LogP contribution is -1.99. The van der Waals surface area contributed by atoms with Gasteiger partial charge in [0.05, 0.1) is 17.0 Å². The van der Waals surface area contributed by atoms with Crippen LogP contribution in [0.1, 0.15) is 22.7 Å². The minimum atomic E-state index is -0.295. The number of hydrogen-bond acceptors (Lipinski definition) is 2. The van der Waals surface area contributed by atoms with E-state index in [-0.39, 0.29) is 5.38 Å². The highest BCUT2D eigenvalue weighted by Gasteiger charge is 2.20. The lowest BCUT2D eigenvalue weighted by atomic mass is 10.1. The molecule has 0 saturated heterocycles. The van der Waals surface area contributed by atoms with Crippen LogP contribution < -0.4 is 4.74 Å². The highest BCUT2D eigenvalue weighted by molar-refractivity contribution is 9.10. The number of rotatable bonds is 4. The largest absolute Gasteiger partial charge is 0.494 e. The summed E-state index contributed by atoms with van der Waals surface area (Å²) < 4.78 is 6.58. The molecule has 96 valence electrons. The normalized spacial score (nSPS) is 12.4. The fourth-order valence-electron chi connectivity index (χ4n) is 1.63. The average Bonchev–Trinajstić information content (AvgIpc) is 2.77. The summed E-state index contributed by atoms with van der Waals surface area (Å²) in [5.41, 5.74) is 0.928. The zero-order valence-electron chi connectivity index (χ0n) is 9.62. The Morgan fingerprint density at radius 3 is 2.78 bits per heavy atom. The van der Waals surface area contributed by atoms with Crippen LogP contribution in [-0.2, 0) is 0 Å². The SMILES string of the molecule is CCOc1ccc(Br)cc1C(Cl)c1sccc1Cl. The van der Waals surface area contributed by atoms with Gasteiger partial charge in [-0.05, 0) is 36.6 Å². The van der Waals surface area contributed by atoms with E-state index in [2.05, 4.69) is 15.9 Å². The molecule has 0 bridgehead atoms. The second-order valence-corrected chi connectivity index (χ2v) is 6.32. The predicted octanol–water partition coefficient (Wildman–Crippen LogP) is 5.89. The molecule has 0 amide bonds. The van der Waals surface area contributed by atoms with Crippen LogP contribution in [0.2, 0.25) is 5.02 Å². The lowest BCUT2D eigenvalue weighted by Gasteiger charge is -2.15. The van der Waals surface area contributed by atoms with Crippen LogP contribution in [0.15, 0.2) is 34.1 Å². The molecule has 0 aliphatic heterocycles. The molecule has 0 saturated carbocycles. The van der Waals surface area contributed by atoms with E-state index in [4.69, 9.17) is 27.9 Å². The van der Waals surface area contributed by atoms with Gasteiger partial charge in [0.25, 0.3) is 0 Å². The molecule has 0 aliphatic carbocycles. The Balaban J connectivity index is 2.43. The van der Waals surface area contributed by atoms with Gasteiger partial charge in [0.15, 0.2) is 0 Å². The molecule has 0 fully saturated rings. The summed E-state index contributed by atoms with van der Waals surface area (Å²) in [4.78, 5) is 0.942. The van der Waals surface area contributed by atoms with Crippen LogP contribution in [0.25, 0.3) is 0 Å². The Hall–Kier alpha value is -0.220. The van der Waals surface area contributed by atoms with Crippen molar-refractivity contribution < 1.29 is 4.74 Å². The molecule has 5 heteroatoms. The van der Waals surface area contributed by atoms with Crippen molar-refractivity contribution in [1.82, 2.24) is 0 Å². The molecule has 18 heavy (non-hydrogen) atoms. The summed E-state index contributed by atoms with van der Waals surface area (Å²) in [6.45, 7) is 2.56. The molecule has 1 aromatic carbocycles. The monoisotopic (exact) mass is 364 g/mol. The third kappa shape index (κ3) is 3.02. The van der Waals surface area contributed by atoms with Gasteiger partial charge in [0, 0.05) is 14.9 Å². The van der Waals surface area contributed by atoms with Gasteiger partial charge in [-0.1, -0.05) is 27.5 Å². The van der Waals surface area contributed by atoms with Crippen molar-refractivity contribution in [2.75, 3.05) is 6.61 Å². The van der Waals surface area contributed by atoms with Crippen molar-refractivity contribution in [2.24, 2.45) is 0 Å². The van der Waals surface area contributed by atoms with E-state index in [0.29, 0.717) is 11.6 Å². The van der Waals surface area contributed by atoms with E-state index in [9.17, 15) is 0 Å². The van der Waals surface area contributed by atoms with Gasteiger partial charge in [-0.15, -0.1) is 22.9 Å². The van der Waals surface area contributed by atoms with E-state index >= 15 is 0 Å². The molecule has 1 aromatic heterocycles. The van der Waals surface area contributed by atoms with Gasteiger partial charge in [-0.2, -0.15) is 0 Å². The lowest BCUT2D eigenvalue weighted by molar-refractivity contribution is 0.337. The Morgan fingerprint density at radius 2 is 2.17 bits per heavy atom. The van der Waals surface area contributed by atoms with Crippen molar-refractivity contribution >= 4 is 50.5 Å². The van der Waals surface area contributed by atoms with E-state index in [1.54, 1.807) is 11.3 Å². The van der Waals surface area contributed by atoms with Crippen LogP contribution in [0.3, 0.4) is 0 Å². The van der Waals surface area contributed by atoms with E-state index in [0.717, 1.165) is 20.7 Å². The first-order chi connectivity index (χ1) is 8.63. The first-order valence-corrected chi connectivity index (χ1v) is 7.91. The molecular weight excluding hydrogens is 355 g/mol. The fourth-order valence-corrected chi connectivity index (χ4v) is 3.67. The number of benzene rings is 1. The highest BCUT2D eigenvalue weighted by Crippen LogP contribution is 2.41. The maximum absolute atomic E-state index is 6.52. The zero-order valence-corrected chi connectivity index (χ0v) is 13.5. The van der Waals surface area contributed by atoms with Gasteiger partial charge in [-0.3, -0.25) is 0 Å². The molecule has 0 N–H and O–H groups in total. The summed E-state index contributed by atoms with van der Waals surface area (Å²) in [6, 6.07) is 7.68. The molecule has 0 spiro atoms. The quantitative estimate of drug-likeness (QED) is 0.613. The van der Waals surface area contributed by atoms with Gasteiger partial charge in [0.2, 0.25) is 0 Å². The van der Waals surface area contributed by atoms with Gasteiger partial charge in [0.1, 0.15) is 5.75 Å². The second-order valence-electron chi connectivity index (χ2n) is 3.61. The summed E-state index contributed by atoms with van der Waals surface area (Å²) in [7, 11) is 0. The van der Waals surface area contributed by atoms with Crippen molar-refractivity contribution in [3.8, 4) is 5.75 Å². The summed E-state index contributed by atoms with van der Waals surface area (Å²) in [5, 5.41) is 2.34. The topological polar surface area (TPSA) is 9.23 Å². The average molecular weight is 366 g/mol. The predicted molar refractivity (Wildman–Crippen MR) is 82.3 cm³/mol. The smallest absolute Gasteiger partial charge is 0.124 e. The number of hydrogen-bond donors (Lipinski definition) is 0. The van der Waals surface area contributed by atoms with Crippen molar-refractivity contribution in [3.63, 3.8) is 0 Å². The van der Waals surface area contributed by atoms with Crippen LogP contribution >= 0.6 is 50.5 Å². The van der Waals surface area contributed by atoms with Crippen LogP contribution in [0, 0.1) is 0 Å². The van der Waals surface area contributed by atoms with E-state index in [1.807, 2.05) is 36.6 Å². The summed E-state index contributed by atoms with van der Waals surface area (Å²) >= 11 is 17.6. The second kappa shape index (κ2) is 6.29. The standard InChI is InChI=1S/C13H11BrCl2OS/c1-2-17-11-4-3-8(14)7-9(11)12(16)13-10(15)5-6-18-13/h3-7,12H,2H2,1H3. The van der Waals surface area contributed by atoms with Gasteiger partial charge >= 0.3 is 0 Å². The number of halogens is 3. The molecule has 2 aromatic rings. The summed E-state index contributed by atoms with van der Waals surface area (Å²) in [5.74, 6) is 0.796. The van der Waals surface area contributed by atoms with Crippen LogP contribution in [0.4, 0.5) is 0 Å². The van der Waals surface area contributed by atoms with Gasteiger partial charge < -0.3 is 4.74 Å². The third-order valence-electron chi connectivity index (χ3n) is 2.42. The number of thiophene rings is 1. The van der Waals surface area contributed by atoms with Crippen molar-refractivity contribution in [1.29, 1.82) is 0 Å². The molecule has 2 rings (SSSR count). The highest BCUT2D eigenvalue weighted by atomic mass is 79.9. The van der Waals surface area contributed by atoms with Crippen molar-refractivity contribution in [2.45, 2.75) is 12.3 Å². The number of alkyl halides is 1. The Bertz CT molecular complexity index is 542. The molecule has 1 nitrogen and oxygen atoms in total. The molecular formula is C13H11BrCl2OS. The first-order valence-electron chi connectivity index (χ1n) is 5.42. The van der Waals surface area contributed by atoms with Crippen molar-refractivity contribution in [3.05, 3.63) is 49.6 Å². The zero-order chi connectivity index (χ0) is 13.1. The van der Waals surface area contributed by atoms with Crippen LogP contribution in [0.5, 0.6) is 5.75 Å². The fraction of sp³-hybridized carbons (Fsp3) is 0.231. The van der Waals surface area contributed by atoms with E-state index in [1.165, 1.54) is 0 Å². The minimum absolute atomic E-state index is 0.295. The molecule has 1 atom stereocenters. The van der Waals surface area contributed by atoms with Gasteiger partial charge in [-0.25, -0.2) is 0 Å². The molecule has 1 unspecified atom stereocenters. The maximum Gasteiger partial charge on any atom is 0.124 e. The Labute approximate surface area is 129 Å². The number of ether oxygens (including phenoxy) is 1. The maximum atomic E-state index is 6.52. The Kier molecular flexibility index (Phi) is 4.96. The molecule has 0 aliphatic rings. The Morgan fingerprint density at radius 1 is 1.39 bits per heavy atom. The van der Waals surface area contributed by atoms with E-state index < -0.39 is 0 Å². The van der Waals surface area contributed by atoms with Crippen LogP contribution in [-0.4, -0.2) is 6.61 Å². The first kappa shape index (κ1) is 14.2. The molecule has 0 radical (unpaired) electrons. The summed E-state index contributed by atoms with van der Waals surface area (Å²) in [6.07, 6.45) is 0.